The Morgan fingerprint density at radius 1 is 1.40 bits per heavy atom. The Labute approximate surface area is 62.6 Å². The van der Waals surface area contributed by atoms with Crippen molar-refractivity contribution in [3.8, 4) is 0 Å². The molecule has 2 atom stereocenters. The van der Waals surface area contributed by atoms with Gasteiger partial charge in [-0.2, -0.15) is 0 Å². The van der Waals surface area contributed by atoms with Crippen LogP contribution in [0.5, 0.6) is 0 Å². The highest BCUT2D eigenvalue weighted by Crippen LogP contribution is 2.39. The second kappa shape index (κ2) is 2.26. The summed E-state index contributed by atoms with van der Waals surface area (Å²) in [4.78, 5) is 0. The van der Waals surface area contributed by atoms with Gasteiger partial charge >= 0.3 is 0 Å². The van der Waals surface area contributed by atoms with E-state index >= 15 is 0 Å². The second-order valence-electron chi connectivity index (χ2n) is 3.40. The zero-order valence-electron chi connectivity index (χ0n) is 6.51. The smallest absolute Gasteiger partial charge is 0.00229 e. The Morgan fingerprint density at radius 2 is 2.30 bits per heavy atom. The van der Waals surface area contributed by atoms with Gasteiger partial charge in [0.25, 0.3) is 0 Å². The molecule has 0 heteroatoms. The molecule has 0 amide bonds. The van der Waals surface area contributed by atoms with Gasteiger partial charge in [-0.25, -0.2) is 0 Å². The molecule has 3 aliphatic rings. The third kappa shape index (κ3) is 0.828. The number of hydrogen-bond donors (Lipinski definition) is 0. The summed E-state index contributed by atoms with van der Waals surface area (Å²) < 4.78 is 0. The Bertz CT molecular complexity index is 186. The van der Waals surface area contributed by atoms with Crippen molar-refractivity contribution in [2.45, 2.75) is 26.2 Å². The Kier molecular flexibility index (Phi) is 1.40. The average Bonchev–Trinajstić information content (AvgIpc) is 2.06. The van der Waals surface area contributed by atoms with Crippen LogP contribution in [0.15, 0.2) is 23.8 Å². The molecule has 1 saturated carbocycles. The molecule has 0 aliphatic heterocycles. The summed E-state index contributed by atoms with van der Waals surface area (Å²) in [5.41, 5.74) is 1.68. The van der Waals surface area contributed by atoms with Crippen LogP contribution in [0.4, 0.5) is 0 Å². The van der Waals surface area contributed by atoms with E-state index in [-0.39, 0.29) is 0 Å². The van der Waals surface area contributed by atoms with Crippen LogP contribution in [0, 0.1) is 11.8 Å². The van der Waals surface area contributed by atoms with Gasteiger partial charge in [-0.3, -0.25) is 0 Å². The van der Waals surface area contributed by atoms with E-state index in [1.807, 2.05) is 0 Å². The molecule has 2 unspecified atom stereocenters. The highest BCUT2D eigenvalue weighted by atomic mass is 14.3. The van der Waals surface area contributed by atoms with Crippen LogP contribution < -0.4 is 0 Å². The fourth-order valence-electron chi connectivity index (χ4n) is 2.14. The van der Waals surface area contributed by atoms with Crippen molar-refractivity contribution in [1.29, 1.82) is 0 Å². The fraction of sp³-hybridized carbons (Fsp3) is 0.600. The maximum absolute atomic E-state index is 2.40. The van der Waals surface area contributed by atoms with Gasteiger partial charge in [-0.1, -0.05) is 23.8 Å². The predicted molar refractivity (Wildman–Crippen MR) is 43.7 cm³/mol. The van der Waals surface area contributed by atoms with Crippen molar-refractivity contribution < 1.29 is 0 Å². The molecule has 54 valence electrons. The molecule has 0 saturated heterocycles. The van der Waals surface area contributed by atoms with E-state index in [0.717, 1.165) is 11.8 Å². The van der Waals surface area contributed by atoms with E-state index in [1.54, 1.807) is 5.57 Å². The maximum Gasteiger partial charge on any atom is -0.00229 e. The van der Waals surface area contributed by atoms with Gasteiger partial charge in [-0.05, 0) is 38.0 Å². The summed E-state index contributed by atoms with van der Waals surface area (Å²) in [5, 5.41) is 0. The first-order valence-corrected chi connectivity index (χ1v) is 4.23. The van der Waals surface area contributed by atoms with Crippen molar-refractivity contribution in [1.82, 2.24) is 0 Å². The lowest BCUT2D eigenvalue weighted by molar-refractivity contribution is 0.410. The van der Waals surface area contributed by atoms with Gasteiger partial charge in [0, 0.05) is 0 Å². The minimum Gasteiger partial charge on any atom is -0.0878 e. The molecule has 0 aromatic rings. The maximum atomic E-state index is 2.40. The first kappa shape index (κ1) is 6.21. The van der Waals surface area contributed by atoms with Gasteiger partial charge in [0.2, 0.25) is 0 Å². The van der Waals surface area contributed by atoms with Crippen LogP contribution in [0.2, 0.25) is 0 Å². The number of fused-ring (bicyclic) bond motifs is 2. The topological polar surface area (TPSA) is 0 Å². The molecule has 0 heterocycles. The molecule has 0 radical (unpaired) electrons. The van der Waals surface area contributed by atoms with Crippen LogP contribution in [0.25, 0.3) is 0 Å². The monoisotopic (exact) mass is 134 g/mol. The molecule has 0 aromatic heterocycles. The molecule has 2 bridgehead atoms. The highest BCUT2D eigenvalue weighted by Gasteiger charge is 2.25. The van der Waals surface area contributed by atoms with Crippen molar-refractivity contribution in [3.05, 3.63) is 23.8 Å². The summed E-state index contributed by atoms with van der Waals surface area (Å²) >= 11 is 0. The zero-order chi connectivity index (χ0) is 6.97. The first-order valence-electron chi connectivity index (χ1n) is 4.23. The zero-order valence-corrected chi connectivity index (χ0v) is 6.51. The van der Waals surface area contributed by atoms with E-state index in [2.05, 4.69) is 25.2 Å². The van der Waals surface area contributed by atoms with Crippen molar-refractivity contribution >= 4 is 0 Å². The lowest BCUT2D eigenvalue weighted by Gasteiger charge is -2.32. The third-order valence-electron chi connectivity index (χ3n) is 2.81. The van der Waals surface area contributed by atoms with Crippen LogP contribution in [0.3, 0.4) is 0 Å². The summed E-state index contributed by atoms with van der Waals surface area (Å²) in [6.45, 7) is 2.17. The van der Waals surface area contributed by atoms with E-state index in [4.69, 9.17) is 0 Å². The summed E-state index contributed by atoms with van der Waals surface area (Å²) in [5.74, 6) is 1.70. The van der Waals surface area contributed by atoms with Crippen molar-refractivity contribution in [3.63, 3.8) is 0 Å². The molecule has 10 heavy (non-hydrogen) atoms. The lowest BCUT2D eigenvalue weighted by atomic mass is 9.73. The van der Waals surface area contributed by atoms with Gasteiger partial charge in [0.15, 0.2) is 0 Å². The molecular weight excluding hydrogens is 120 g/mol. The van der Waals surface area contributed by atoms with Crippen LogP contribution in [-0.4, -0.2) is 0 Å². The van der Waals surface area contributed by atoms with Gasteiger partial charge in [-0.15, -0.1) is 0 Å². The minimum atomic E-state index is 0.815. The second-order valence-corrected chi connectivity index (χ2v) is 3.40. The SMILES string of the molecule is C/C=C1\CC2C=CC1CC2. The minimum absolute atomic E-state index is 0.815. The summed E-state index contributed by atoms with van der Waals surface area (Å²) in [6, 6.07) is 0. The van der Waals surface area contributed by atoms with E-state index in [1.165, 1.54) is 19.3 Å². The molecule has 0 N–H and O–H groups in total. The molecule has 3 rings (SSSR count). The van der Waals surface area contributed by atoms with Crippen LogP contribution >= 0.6 is 0 Å². The average molecular weight is 134 g/mol. The molecular formula is C10H14. The first-order chi connectivity index (χ1) is 4.90. The molecule has 3 aliphatic carbocycles. The van der Waals surface area contributed by atoms with Gasteiger partial charge in [0.1, 0.15) is 0 Å². The Balaban J connectivity index is 2.27. The van der Waals surface area contributed by atoms with E-state index in [9.17, 15) is 0 Å². The predicted octanol–water partition coefficient (Wildman–Crippen LogP) is 2.92. The Hall–Kier alpha value is -0.520. The number of rotatable bonds is 0. The van der Waals surface area contributed by atoms with Crippen molar-refractivity contribution in [2.24, 2.45) is 11.8 Å². The van der Waals surface area contributed by atoms with Gasteiger partial charge in [0.05, 0.1) is 0 Å². The number of allylic oxidation sites excluding steroid dienone is 4. The van der Waals surface area contributed by atoms with Crippen LogP contribution in [-0.2, 0) is 0 Å². The summed E-state index contributed by atoms with van der Waals surface area (Å²) in [7, 11) is 0. The number of hydrogen-bond acceptors (Lipinski definition) is 0. The van der Waals surface area contributed by atoms with Crippen molar-refractivity contribution in [2.75, 3.05) is 0 Å². The quantitative estimate of drug-likeness (QED) is 0.447. The van der Waals surface area contributed by atoms with Gasteiger partial charge < -0.3 is 0 Å². The largest absolute Gasteiger partial charge is 0.0878 e. The third-order valence-corrected chi connectivity index (χ3v) is 2.81. The normalized spacial score (nSPS) is 41.1. The molecule has 0 nitrogen and oxygen atoms in total. The highest BCUT2D eigenvalue weighted by molar-refractivity contribution is 5.22. The molecule has 0 spiro atoms. The standard InChI is InChI=1S/C10H14/c1-2-9-7-8-3-5-10(9)6-4-8/h2-3,5,8,10H,4,6-7H2,1H3/b9-2+. The van der Waals surface area contributed by atoms with E-state index < -0.39 is 0 Å². The molecule has 0 aromatic carbocycles. The molecule has 1 fully saturated rings. The summed E-state index contributed by atoms with van der Waals surface area (Å²) in [6.07, 6.45) is 11.3. The fourth-order valence-corrected chi connectivity index (χ4v) is 2.14. The van der Waals surface area contributed by atoms with Crippen LogP contribution in [0.1, 0.15) is 26.2 Å². The van der Waals surface area contributed by atoms with E-state index in [0.29, 0.717) is 0 Å². The lowest BCUT2D eigenvalue weighted by Crippen LogP contribution is -2.19. The Morgan fingerprint density at radius 3 is 2.60 bits per heavy atom.